The summed E-state index contributed by atoms with van der Waals surface area (Å²) in [7, 11) is 0. The second-order valence-electron chi connectivity index (χ2n) is 4.94. The van der Waals surface area contributed by atoms with Gasteiger partial charge in [0.15, 0.2) is 0 Å². The summed E-state index contributed by atoms with van der Waals surface area (Å²) in [5.74, 6) is -0.450. The van der Waals surface area contributed by atoms with Crippen LogP contribution in [0.2, 0.25) is 0 Å². The molecule has 1 heterocycles. The minimum atomic E-state index is -0.737. The molecule has 0 bridgehead atoms. The maximum Gasteiger partial charge on any atom is 0.306 e. The second-order valence-corrected chi connectivity index (χ2v) is 5.89. The van der Waals surface area contributed by atoms with Crippen molar-refractivity contribution in [2.45, 2.75) is 51.4 Å². The van der Waals surface area contributed by atoms with Crippen LogP contribution in [0.15, 0.2) is 5.38 Å². The van der Waals surface area contributed by atoms with E-state index >= 15 is 0 Å². The molecule has 94 valence electrons. The molecule has 2 rings (SSSR count). The third kappa shape index (κ3) is 3.28. The van der Waals surface area contributed by atoms with E-state index in [9.17, 15) is 4.79 Å². The fourth-order valence-corrected chi connectivity index (χ4v) is 3.36. The lowest BCUT2D eigenvalue weighted by molar-refractivity contribution is -0.141. The standard InChI is InChI=1S/C13H19NO2S/c1-9(13(15)16)7-12-14-11(8-17-12)10-5-3-2-4-6-10/h8-10H,2-7H2,1H3,(H,15,16). The second kappa shape index (κ2) is 5.63. The number of carbonyl (C=O) groups is 1. The van der Waals surface area contributed by atoms with Crippen LogP contribution in [-0.2, 0) is 11.2 Å². The molecule has 1 atom stereocenters. The number of nitrogens with zero attached hydrogens (tertiary/aromatic N) is 1. The van der Waals surface area contributed by atoms with Crippen LogP contribution in [0, 0.1) is 5.92 Å². The molecule has 17 heavy (non-hydrogen) atoms. The zero-order valence-corrected chi connectivity index (χ0v) is 11.0. The quantitative estimate of drug-likeness (QED) is 0.894. The zero-order chi connectivity index (χ0) is 12.3. The largest absolute Gasteiger partial charge is 0.481 e. The molecule has 0 spiro atoms. The first-order chi connectivity index (χ1) is 8.16. The van der Waals surface area contributed by atoms with Gasteiger partial charge in [-0.25, -0.2) is 4.98 Å². The van der Waals surface area contributed by atoms with Gasteiger partial charge >= 0.3 is 5.97 Å². The lowest BCUT2D eigenvalue weighted by Gasteiger charge is -2.19. The van der Waals surface area contributed by atoms with Crippen molar-refractivity contribution >= 4 is 17.3 Å². The first kappa shape index (κ1) is 12.6. The Balaban J connectivity index is 1.97. The molecule has 1 aromatic rings. The number of rotatable bonds is 4. The topological polar surface area (TPSA) is 50.2 Å². The Morgan fingerprint density at radius 3 is 2.88 bits per heavy atom. The minimum absolute atomic E-state index is 0.333. The van der Waals surface area contributed by atoms with Crippen LogP contribution in [0.3, 0.4) is 0 Å². The van der Waals surface area contributed by atoms with Gasteiger partial charge in [0.05, 0.1) is 16.6 Å². The van der Waals surface area contributed by atoms with Crippen LogP contribution < -0.4 is 0 Å². The van der Waals surface area contributed by atoms with E-state index in [2.05, 4.69) is 10.4 Å². The molecule has 1 aliphatic carbocycles. The van der Waals surface area contributed by atoms with Gasteiger partial charge in [0, 0.05) is 17.7 Å². The molecule has 1 unspecified atom stereocenters. The summed E-state index contributed by atoms with van der Waals surface area (Å²) in [5, 5.41) is 12.0. The van der Waals surface area contributed by atoms with Crippen LogP contribution in [0.4, 0.5) is 0 Å². The third-order valence-corrected chi connectivity index (χ3v) is 4.38. The Labute approximate surface area is 106 Å². The lowest BCUT2D eigenvalue weighted by atomic mass is 9.87. The molecular formula is C13H19NO2S. The number of thiazole rings is 1. The van der Waals surface area contributed by atoms with E-state index in [0.29, 0.717) is 12.3 Å². The van der Waals surface area contributed by atoms with Crippen LogP contribution in [0.1, 0.15) is 55.6 Å². The Kier molecular flexibility index (Phi) is 4.15. The van der Waals surface area contributed by atoms with Crippen molar-refractivity contribution in [2.75, 3.05) is 0 Å². The number of aromatic nitrogens is 1. The van der Waals surface area contributed by atoms with Gasteiger partial charge in [-0.2, -0.15) is 0 Å². The Morgan fingerprint density at radius 1 is 1.53 bits per heavy atom. The van der Waals surface area contributed by atoms with Crippen LogP contribution in [0.5, 0.6) is 0 Å². The van der Waals surface area contributed by atoms with E-state index in [1.807, 2.05) is 0 Å². The molecule has 3 nitrogen and oxygen atoms in total. The van der Waals surface area contributed by atoms with E-state index in [1.165, 1.54) is 37.8 Å². The summed E-state index contributed by atoms with van der Waals surface area (Å²) in [6, 6.07) is 0. The van der Waals surface area contributed by atoms with Crippen LogP contribution >= 0.6 is 11.3 Å². The number of hydrogen-bond acceptors (Lipinski definition) is 3. The van der Waals surface area contributed by atoms with E-state index in [1.54, 1.807) is 18.3 Å². The highest BCUT2D eigenvalue weighted by Gasteiger charge is 2.19. The number of carboxylic acids is 1. The van der Waals surface area contributed by atoms with E-state index in [0.717, 1.165) is 5.01 Å². The Hall–Kier alpha value is -0.900. The molecule has 1 aromatic heterocycles. The predicted molar refractivity (Wildman–Crippen MR) is 68.4 cm³/mol. The average Bonchev–Trinajstić information content (AvgIpc) is 2.78. The average molecular weight is 253 g/mol. The van der Waals surface area contributed by atoms with Gasteiger partial charge in [0.25, 0.3) is 0 Å². The number of hydrogen-bond donors (Lipinski definition) is 1. The summed E-state index contributed by atoms with van der Waals surface area (Å²) in [6.07, 6.45) is 7.03. The molecule has 1 saturated carbocycles. The predicted octanol–water partition coefficient (Wildman–Crippen LogP) is 3.45. The van der Waals surface area contributed by atoms with Crippen molar-refractivity contribution in [1.29, 1.82) is 0 Å². The SMILES string of the molecule is CC(Cc1nc(C2CCCCC2)cs1)C(=O)O. The Bertz CT molecular complexity index is 383. The summed E-state index contributed by atoms with van der Waals surface area (Å²) in [5.41, 5.74) is 1.20. The van der Waals surface area contributed by atoms with Gasteiger partial charge < -0.3 is 5.11 Å². The van der Waals surface area contributed by atoms with Crippen LogP contribution in [0.25, 0.3) is 0 Å². The van der Waals surface area contributed by atoms with Crippen molar-refractivity contribution in [3.63, 3.8) is 0 Å². The van der Waals surface area contributed by atoms with Gasteiger partial charge in [-0.05, 0) is 12.8 Å². The maximum absolute atomic E-state index is 10.8. The van der Waals surface area contributed by atoms with Gasteiger partial charge in [-0.1, -0.05) is 26.2 Å². The van der Waals surface area contributed by atoms with E-state index in [-0.39, 0.29) is 5.92 Å². The molecule has 1 fully saturated rings. The molecule has 0 amide bonds. The third-order valence-electron chi connectivity index (χ3n) is 3.50. The molecule has 4 heteroatoms. The molecule has 0 radical (unpaired) electrons. The van der Waals surface area contributed by atoms with Gasteiger partial charge in [-0.3, -0.25) is 4.79 Å². The fraction of sp³-hybridized carbons (Fsp3) is 0.692. The Morgan fingerprint density at radius 2 is 2.24 bits per heavy atom. The smallest absolute Gasteiger partial charge is 0.306 e. The van der Waals surface area contributed by atoms with Gasteiger partial charge in [-0.15, -0.1) is 11.3 Å². The molecular weight excluding hydrogens is 234 g/mol. The highest BCUT2D eigenvalue weighted by molar-refractivity contribution is 7.09. The summed E-state index contributed by atoms with van der Waals surface area (Å²) in [6.45, 7) is 1.74. The first-order valence-corrected chi connectivity index (χ1v) is 7.22. The lowest BCUT2D eigenvalue weighted by Crippen LogP contribution is -2.12. The monoisotopic (exact) mass is 253 g/mol. The normalized spacial score (nSPS) is 19.1. The van der Waals surface area contributed by atoms with Gasteiger partial charge in [0.2, 0.25) is 0 Å². The molecule has 0 aromatic carbocycles. The van der Waals surface area contributed by atoms with Gasteiger partial charge in [0.1, 0.15) is 0 Å². The number of carboxylic acid groups (broad SMARTS) is 1. The molecule has 1 N–H and O–H groups in total. The highest BCUT2D eigenvalue weighted by Crippen LogP contribution is 2.33. The molecule has 0 saturated heterocycles. The molecule has 1 aliphatic rings. The van der Waals surface area contributed by atoms with E-state index in [4.69, 9.17) is 5.11 Å². The van der Waals surface area contributed by atoms with Crippen molar-refractivity contribution in [2.24, 2.45) is 5.92 Å². The van der Waals surface area contributed by atoms with Crippen LogP contribution in [-0.4, -0.2) is 16.1 Å². The summed E-state index contributed by atoms with van der Waals surface area (Å²) < 4.78 is 0. The van der Waals surface area contributed by atoms with Crippen molar-refractivity contribution < 1.29 is 9.90 Å². The minimum Gasteiger partial charge on any atom is -0.481 e. The maximum atomic E-state index is 10.8. The first-order valence-electron chi connectivity index (χ1n) is 6.34. The highest BCUT2D eigenvalue weighted by atomic mass is 32.1. The molecule has 0 aliphatic heterocycles. The summed E-state index contributed by atoms with van der Waals surface area (Å²) in [4.78, 5) is 15.4. The van der Waals surface area contributed by atoms with Crippen molar-refractivity contribution in [3.05, 3.63) is 16.1 Å². The number of aliphatic carboxylic acids is 1. The zero-order valence-electron chi connectivity index (χ0n) is 10.2. The van der Waals surface area contributed by atoms with Crippen molar-refractivity contribution in [3.8, 4) is 0 Å². The summed E-state index contributed by atoms with van der Waals surface area (Å²) >= 11 is 1.61. The van der Waals surface area contributed by atoms with Crippen molar-refractivity contribution in [1.82, 2.24) is 4.98 Å². The van der Waals surface area contributed by atoms with E-state index < -0.39 is 5.97 Å². The fourth-order valence-electron chi connectivity index (χ4n) is 2.35.